The first-order chi connectivity index (χ1) is 25.6. The van der Waals surface area contributed by atoms with Crippen molar-refractivity contribution in [2.24, 2.45) is 9.98 Å². The minimum atomic E-state index is -5.10. The Kier molecular flexibility index (Phi) is 13.5. The smallest absolute Gasteiger partial charge is 0.744 e. The Hall–Kier alpha value is -4.18. The van der Waals surface area contributed by atoms with Gasteiger partial charge in [-0.15, -0.1) is 0 Å². The molecule has 2 aromatic heterocycles. The van der Waals surface area contributed by atoms with Crippen LogP contribution in [0.15, 0.2) is 105 Å². The summed E-state index contributed by atoms with van der Waals surface area (Å²) < 4.78 is 71.9. The van der Waals surface area contributed by atoms with E-state index in [1.54, 1.807) is 48.5 Å². The van der Waals surface area contributed by atoms with Gasteiger partial charge in [-0.2, -0.15) is 28.4 Å². The van der Waals surface area contributed by atoms with Crippen LogP contribution in [0.2, 0.25) is 20.6 Å². The maximum Gasteiger partial charge on any atom is 1.00 e. The van der Waals surface area contributed by atoms with Crippen molar-refractivity contribution in [3.63, 3.8) is 0 Å². The third kappa shape index (κ3) is 11.7. The van der Waals surface area contributed by atoms with E-state index in [2.05, 4.69) is 50.5 Å². The van der Waals surface area contributed by atoms with Crippen molar-refractivity contribution in [2.75, 3.05) is 10.6 Å². The van der Waals surface area contributed by atoms with Gasteiger partial charge in [0.25, 0.3) is 10.1 Å². The summed E-state index contributed by atoms with van der Waals surface area (Å²) in [7, 11) is -9.95. The number of H-pyrrole nitrogens is 2. The van der Waals surface area contributed by atoms with E-state index < -0.39 is 30.0 Å². The van der Waals surface area contributed by atoms with Gasteiger partial charge in [0.1, 0.15) is 15.0 Å². The van der Waals surface area contributed by atoms with Crippen LogP contribution < -0.4 is 51.4 Å². The maximum atomic E-state index is 12.4. The summed E-state index contributed by atoms with van der Waals surface area (Å²) in [5, 5.41) is 6.73. The third-order valence-corrected chi connectivity index (χ3v) is 9.58. The van der Waals surface area contributed by atoms with Crippen molar-refractivity contribution in [1.82, 2.24) is 29.9 Å². The summed E-state index contributed by atoms with van der Waals surface area (Å²) in [5.74, 6) is 0.117. The second-order valence-corrected chi connectivity index (χ2v) is 15.1. The molecular weight excluding hydrogens is 849 g/mol. The van der Waals surface area contributed by atoms with Crippen LogP contribution in [-0.4, -0.2) is 55.8 Å². The van der Waals surface area contributed by atoms with Crippen LogP contribution in [0, 0.1) is 0 Å². The van der Waals surface area contributed by atoms with Gasteiger partial charge in [0.15, 0.2) is 0 Å². The fourth-order valence-corrected chi connectivity index (χ4v) is 6.57. The molecule has 55 heavy (non-hydrogen) atoms. The number of halogens is 4. The molecule has 2 heterocycles. The minimum absolute atomic E-state index is 0. The Morgan fingerprint density at radius 3 is 1.42 bits per heavy atom. The van der Waals surface area contributed by atoms with E-state index in [9.17, 15) is 25.9 Å². The summed E-state index contributed by atoms with van der Waals surface area (Å²) in [4.78, 5) is 29.1. The van der Waals surface area contributed by atoms with Crippen LogP contribution in [-0.2, 0) is 20.2 Å². The van der Waals surface area contributed by atoms with E-state index in [4.69, 9.17) is 46.4 Å². The Labute approximate surface area is 354 Å². The van der Waals surface area contributed by atoms with E-state index >= 15 is 0 Å². The van der Waals surface area contributed by atoms with E-state index in [0.29, 0.717) is 21.4 Å². The minimum Gasteiger partial charge on any atom is -0.744 e. The maximum absolute atomic E-state index is 12.4. The number of aromatic amines is 2. The number of hydrogen-bond acceptors (Lipinski definition) is 13. The molecule has 0 saturated heterocycles. The summed E-state index contributed by atoms with van der Waals surface area (Å²) in [5.41, 5.74) is 0.899. The number of anilines is 4. The van der Waals surface area contributed by atoms with Crippen molar-refractivity contribution in [1.29, 1.82) is 0 Å². The monoisotopic (exact) mass is 868 g/mol. The normalized spacial score (nSPS) is 12.5. The van der Waals surface area contributed by atoms with E-state index in [0.717, 1.165) is 12.1 Å². The van der Waals surface area contributed by atoms with E-state index in [-0.39, 0.29) is 85.8 Å². The zero-order valence-corrected chi connectivity index (χ0v) is 34.4. The number of rotatable bonds is 10. The average Bonchev–Trinajstić information content (AvgIpc) is 3.09. The summed E-state index contributed by atoms with van der Waals surface area (Å²) in [6.45, 7) is 0. The predicted molar refractivity (Wildman–Crippen MR) is 202 cm³/mol. The quantitative estimate of drug-likeness (QED) is 0.0750. The van der Waals surface area contributed by atoms with Gasteiger partial charge >= 0.3 is 29.6 Å². The van der Waals surface area contributed by atoms with Gasteiger partial charge in [-0.1, -0.05) is 47.5 Å². The van der Waals surface area contributed by atoms with Crippen LogP contribution in [0.1, 0.15) is 11.1 Å². The van der Waals surface area contributed by atoms with Crippen molar-refractivity contribution in [2.45, 2.75) is 9.79 Å². The molecule has 5 N–H and O–H groups in total. The Morgan fingerprint density at radius 2 is 1.02 bits per heavy atom. The van der Waals surface area contributed by atoms with Crippen molar-refractivity contribution < 1.29 is 55.5 Å². The molecule has 23 heteroatoms. The molecule has 0 spiro atoms. The molecule has 0 amide bonds. The Morgan fingerprint density at radius 1 is 0.618 bits per heavy atom. The van der Waals surface area contributed by atoms with Gasteiger partial charge in [-0.25, -0.2) is 18.4 Å². The Bertz CT molecular complexity index is 2600. The molecule has 0 bridgehead atoms. The SMILES string of the molecule is O=S(=O)([O-])c1cc(N=c2nc(Nc3ccc(Cl)cc3)nc(Cl)[nH]2)ccc1/C=C/c1ccc(N=c2nc(Nc3ccc(Cl)cc3)nc(Cl)[nH]2)cc1S(=O)(=O)O.[Na+]. The van der Waals surface area contributed by atoms with Crippen LogP contribution in [0.25, 0.3) is 12.2 Å². The number of aromatic nitrogens is 6. The van der Waals surface area contributed by atoms with Crippen LogP contribution in [0.5, 0.6) is 0 Å². The van der Waals surface area contributed by atoms with Gasteiger partial charge < -0.3 is 15.2 Å². The van der Waals surface area contributed by atoms with E-state index in [1.165, 1.54) is 36.4 Å². The summed E-state index contributed by atoms with van der Waals surface area (Å²) in [6.07, 6.45) is 2.38. The molecule has 0 atom stereocenters. The average molecular weight is 871 g/mol. The molecule has 276 valence electrons. The van der Waals surface area contributed by atoms with Gasteiger partial charge in [0.05, 0.1) is 16.3 Å². The molecule has 0 aliphatic rings. The Balaban J connectivity index is 0.00000580. The predicted octanol–water partition coefficient (Wildman–Crippen LogP) is 3.81. The molecule has 0 unspecified atom stereocenters. The molecular formula is C32H21Cl4N10NaO6S2. The van der Waals surface area contributed by atoms with Crippen molar-refractivity contribution >= 4 is 113 Å². The van der Waals surface area contributed by atoms with Crippen LogP contribution in [0.3, 0.4) is 0 Å². The first-order valence-electron chi connectivity index (χ1n) is 14.9. The van der Waals surface area contributed by atoms with Gasteiger partial charge in [-0.05, 0) is 107 Å². The number of hydrogen-bond donors (Lipinski definition) is 5. The fourth-order valence-electron chi connectivity index (χ4n) is 4.60. The zero-order chi connectivity index (χ0) is 38.6. The molecule has 0 fully saturated rings. The first kappa shape index (κ1) is 42.0. The molecule has 0 saturated carbocycles. The second kappa shape index (κ2) is 17.7. The molecule has 6 aromatic rings. The topological polar surface area (TPSA) is 243 Å². The second-order valence-electron chi connectivity index (χ2n) is 10.8. The van der Waals surface area contributed by atoms with E-state index in [1.807, 2.05) is 0 Å². The van der Waals surface area contributed by atoms with Crippen LogP contribution in [0.4, 0.5) is 34.6 Å². The number of nitrogens with one attached hydrogen (secondary N) is 4. The van der Waals surface area contributed by atoms with Crippen molar-refractivity contribution in [3.8, 4) is 0 Å². The standard InChI is InChI=1S/C32H22Cl4N10O6S2.Na/c33-19-5-11-21(12-6-19)37-29-41-27(35)43-31(45-29)39-23-9-3-17(25(15-23)53(47,48)49)1-2-18-4-10-24(16-26(18)54(50,51)52)40-32-44-28(36)42-30(46-32)38-22-13-7-20(34)8-14-22;/h1-16H,(H,47,48,49)(H,50,51,52)(H2,37,39,41,43,45)(H2,38,40,42,44,46);/q;+1/p-1/b2-1+;. The molecule has 0 radical (unpaired) electrons. The van der Waals surface area contributed by atoms with Crippen molar-refractivity contribution in [3.05, 3.63) is 128 Å². The number of benzene rings is 4. The fraction of sp³-hybridized carbons (Fsp3) is 0. The largest absolute Gasteiger partial charge is 1.00 e. The van der Waals surface area contributed by atoms with Gasteiger partial charge in [-0.3, -0.25) is 14.5 Å². The molecule has 4 aromatic carbocycles. The zero-order valence-electron chi connectivity index (χ0n) is 27.7. The third-order valence-electron chi connectivity index (χ3n) is 6.92. The summed E-state index contributed by atoms with van der Waals surface area (Å²) in [6, 6.07) is 20.7. The molecule has 0 aliphatic carbocycles. The van der Waals surface area contributed by atoms with Gasteiger partial charge in [0, 0.05) is 21.4 Å². The molecule has 6 rings (SSSR count). The van der Waals surface area contributed by atoms with Gasteiger partial charge in [0.2, 0.25) is 33.7 Å². The first-order valence-corrected chi connectivity index (χ1v) is 19.3. The molecule has 0 aliphatic heterocycles. The summed E-state index contributed by atoms with van der Waals surface area (Å²) >= 11 is 24.1. The number of nitrogens with zero attached hydrogens (tertiary/aromatic N) is 6. The van der Waals surface area contributed by atoms with Crippen LogP contribution >= 0.6 is 46.4 Å². The molecule has 16 nitrogen and oxygen atoms in total.